The molecule has 2 heterocycles. The molecule has 0 aliphatic rings. The van der Waals surface area contributed by atoms with Gasteiger partial charge >= 0.3 is 5.97 Å². The van der Waals surface area contributed by atoms with Crippen molar-refractivity contribution in [1.29, 1.82) is 0 Å². The summed E-state index contributed by atoms with van der Waals surface area (Å²) in [6.07, 6.45) is 3.62. The molecule has 0 unspecified atom stereocenters. The third kappa shape index (κ3) is 3.10. The average molecular weight is 378 g/mol. The van der Waals surface area contributed by atoms with E-state index in [9.17, 15) is 4.79 Å². The number of benzene rings is 1. The molecular weight excluding hydrogens is 366 g/mol. The van der Waals surface area contributed by atoms with Gasteiger partial charge in [-0.1, -0.05) is 15.9 Å². The standard InChI is InChI=1S/C15H12BrN3O2S/c1-2-21-15(20)13-9-22-14(18-13)10-7-17-19(8-10)12-5-3-11(16)4-6-12/h3-9H,2H2,1H3. The molecule has 22 heavy (non-hydrogen) atoms. The highest BCUT2D eigenvalue weighted by atomic mass is 79.9. The Kier molecular flexibility index (Phi) is 4.35. The molecule has 112 valence electrons. The second kappa shape index (κ2) is 6.41. The zero-order chi connectivity index (χ0) is 15.5. The third-order valence-corrected chi connectivity index (χ3v) is 4.33. The number of thiazole rings is 1. The van der Waals surface area contributed by atoms with Crippen LogP contribution in [0.15, 0.2) is 46.5 Å². The molecule has 0 saturated carbocycles. The molecule has 5 nitrogen and oxygen atoms in total. The fraction of sp³-hybridized carbons (Fsp3) is 0.133. The molecule has 0 spiro atoms. The topological polar surface area (TPSA) is 57.0 Å². The summed E-state index contributed by atoms with van der Waals surface area (Å²) in [5.74, 6) is -0.398. The molecule has 0 radical (unpaired) electrons. The highest BCUT2D eigenvalue weighted by Crippen LogP contribution is 2.24. The number of hydrogen-bond acceptors (Lipinski definition) is 5. The molecular formula is C15H12BrN3O2S. The van der Waals surface area contributed by atoms with Gasteiger partial charge < -0.3 is 4.74 Å². The number of hydrogen-bond donors (Lipinski definition) is 0. The molecule has 7 heteroatoms. The van der Waals surface area contributed by atoms with E-state index in [2.05, 4.69) is 26.0 Å². The van der Waals surface area contributed by atoms with Gasteiger partial charge in [0.2, 0.25) is 0 Å². The number of carbonyl (C=O) groups excluding carboxylic acids is 1. The van der Waals surface area contributed by atoms with Crippen LogP contribution in [-0.2, 0) is 4.74 Å². The van der Waals surface area contributed by atoms with Crippen LogP contribution in [0.2, 0.25) is 0 Å². The predicted octanol–water partition coefficient (Wildman–Crippen LogP) is 3.94. The van der Waals surface area contributed by atoms with E-state index in [0.717, 1.165) is 20.7 Å². The molecule has 0 aliphatic heterocycles. The Balaban J connectivity index is 1.85. The molecule has 0 saturated heterocycles. The minimum absolute atomic E-state index is 0.332. The van der Waals surface area contributed by atoms with Crippen LogP contribution >= 0.6 is 27.3 Å². The van der Waals surface area contributed by atoms with Gasteiger partial charge in [-0.15, -0.1) is 11.3 Å². The first kappa shape index (κ1) is 14.9. The Hall–Kier alpha value is -1.99. The van der Waals surface area contributed by atoms with Gasteiger partial charge in [0, 0.05) is 21.6 Å². The van der Waals surface area contributed by atoms with Gasteiger partial charge in [0.15, 0.2) is 5.69 Å². The van der Waals surface area contributed by atoms with Crippen LogP contribution in [0.3, 0.4) is 0 Å². The first-order valence-electron chi connectivity index (χ1n) is 6.61. The van der Waals surface area contributed by atoms with E-state index in [1.165, 1.54) is 11.3 Å². The smallest absolute Gasteiger partial charge is 0.357 e. The molecule has 3 aromatic rings. The van der Waals surface area contributed by atoms with Gasteiger partial charge in [-0.25, -0.2) is 14.5 Å². The van der Waals surface area contributed by atoms with Crippen molar-refractivity contribution in [3.05, 3.63) is 52.2 Å². The lowest BCUT2D eigenvalue weighted by molar-refractivity contribution is 0.0520. The number of esters is 1. The Morgan fingerprint density at radius 2 is 2.14 bits per heavy atom. The lowest BCUT2D eigenvalue weighted by Gasteiger charge is -2.00. The van der Waals surface area contributed by atoms with Crippen molar-refractivity contribution < 1.29 is 9.53 Å². The number of rotatable bonds is 4. The van der Waals surface area contributed by atoms with Crippen molar-refractivity contribution in [2.75, 3.05) is 6.61 Å². The van der Waals surface area contributed by atoms with Gasteiger partial charge in [-0.05, 0) is 31.2 Å². The normalized spacial score (nSPS) is 10.6. The van der Waals surface area contributed by atoms with E-state index in [-0.39, 0.29) is 0 Å². The molecule has 0 amide bonds. The van der Waals surface area contributed by atoms with Crippen molar-refractivity contribution >= 4 is 33.2 Å². The van der Waals surface area contributed by atoms with Crippen molar-refractivity contribution in [2.45, 2.75) is 6.92 Å². The summed E-state index contributed by atoms with van der Waals surface area (Å²) >= 11 is 4.80. The monoisotopic (exact) mass is 377 g/mol. The van der Waals surface area contributed by atoms with Crippen LogP contribution < -0.4 is 0 Å². The number of halogens is 1. The van der Waals surface area contributed by atoms with E-state index in [1.807, 2.05) is 30.5 Å². The second-order valence-corrected chi connectivity index (χ2v) is 6.18. The molecule has 2 aromatic heterocycles. The van der Waals surface area contributed by atoms with Crippen LogP contribution in [0.25, 0.3) is 16.3 Å². The van der Waals surface area contributed by atoms with E-state index in [0.29, 0.717) is 12.3 Å². The number of carbonyl (C=O) groups is 1. The highest BCUT2D eigenvalue weighted by molar-refractivity contribution is 9.10. The van der Waals surface area contributed by atoms with Crippen molar-refractivity contribution in [3.63, 3.8) is 0 Å². The predicted molar refractivity (Wildman–Crippen MR) is 88.3 cm³/mol. The Morgan fingerprint density at radius 1 is 1.36 bits per heavy atom. The minimum Gasteiger partial charge on any atom is -0.461 e. The number of nitrogens with zero attached hydrogens (tertiary/aromatic N) is 3. The molecule has 1 aromatic carbocycles. The second-order valence-electron chi connectivity index (χ2n) is 4.41. The molecule has 0 N–H and O–H groups in total. The molecule has 0 fully saturated rings. The summed E-state index contributed by atoms with van der Waals surface area (Å²) in [4.78, 5) is 15.9. The van der Waals surface area contributed by atoms with Crippen molar-refractivity contribution in [1.82, 2.24) is 14.8 Å². The van der Waals surface area contributed by atoms with Crippen LogP contribution in [0, 0.1) is 0 Å². The first-order valence-corrected chi connectivity index (χ1v) is 8.28. The lowest BCUT2D eigenvalue weighted by Crippen LogP contribution is -2.04. The Bertz CT molecular complexity index is 795. The maximum absolute atomic E-state index is 11.6. The quantitative estimate of drug-likeness (QED) is 0.646. The third-order valence-electron chi connectivity index (χ3n) is 2.91. The number of ether oxygens (including phenoxy) is 1. The molecule has 0 bridgehead atoms. The zero-order valence-electron chi connectivity index (χ0n) is 11.7. The van der Waals surface area contributed by atoms with Gasteiger partial charge in [0.1, 0.15) is 5.01 Å². The van der Waals surface area contributed by atoms with Crippen molar-refractivity contribution in [2.24, 2.45) is 0 Å². The largest absolute Gasteiger partial charge is 0.461 e. The SMILES string of the molecule is CCOC(=O)c1csc(-c2cnn(-c3ccc(Br)cc3)c2)n1. The van der Waals surface area contributed by atoms with Crippen LogP contribution in [0.5, 0.6) is 0 Å². The molecule has 0 atom stereocenters. The van der Waals surface area contributed by atoms with E-state index in [1.54, 1.807) is 23.2 Å². The van der Waals surface area contributed by atoms with Crippen LogP contribution in [-0.4, -0.2) is 27.3 Å². The maximum Gasteiger partial charge on any atom is 0.357 e. The fourth-order valence-electron chi connectivity index (χ4n) is 1.87. The maximum atomic E-state index is 11.6. The average Bonchev–Trinajstić information content (AvgIpc) is 3.17. The van der Waals surface area contributed by atoms with Gasteiger partial charge in [-0.3, -0.25) is 0 Å². The zero-order valence-corrected chi connectivity index (χ0v) is 14.1. The Morgan fingerprint density at radius 3 is 2.86 bits per heavy atom. The number of aromatic nitrogens is 3. The van der Waals surface area contributed by atoms with E-state index >= 15 is 0 Å². The van der Waals surface area contributed by atoms with Gasteiger partial charge in [0.05, 0.1) is 18.5 Å². The summed E-state index contributed by atoms with van der Waals surface area (Å²) < 4.78 is 7.73. The molecule has 3 rings (SSSR count). The summed E-state index contributed by atoms with van der Waals surface area (Å²) in [5, 5.41) is 6.78. The van der Waals surface area contributed by atoms with Crippen LogP contribution in [0.1, 0.15) is 17.4 Å². The molecule has 0 aliphatic carbocycles. The van der Waals surface area contributed by atoms with E-state index < -0.39 is 5.97 Å². The van der Waals surface area contributed by atoms with Crippen molar-refractivity contribution in [3.8, 4) is 16.3 Å². The van der Waals surface area contributed by atoms with Gasteiger partial charge in [-0.2, -0.15) is 5.10 Å². The first-order chi connectivity index (χ1) is 10.7. The minimum atomic E-state index is -0.398. The lowest BCUT2D eigenvalue weighted by atomic mass is 10.3. The summed E-state index contributed by atoms with van der Waals surface area (Å²) in [6.45, 7) is 2.11. The highest BCUT2D eigenvalue weighted by Gasteiger charge is 2.14. The summed E-state index contributed by atoms with van der Waals surface area (Å²) in [7, 11) is 0. The Labute approximate surface area is 139 Å². The summed E-state index contributed by atoms with van der Waals surface area (Å²) in [5.41, 5.74) is 2.15. The van der Waals surface area contributed by atoms with Crippen LogP contribution in [0.4, 0.5) is 0 Å². The summed E-state index contributed by atoms with van der Waals surface area (Å²) in [6, 6.07) is 7.84. The van der Waals surface area contributed by atoms with Gasteiger partial charge in [0.25, 0.3) is 0 Å². The fourth-order valence-corrected chi connectivity index (χ4v) is 2.90. The van der Waals surface area contributed by atoms with E-state index in [4.69, 9.17) is 4.74 Å².